The van der Waals surface area contributed by atoms with E-state index in [2.05, 4.69) is 10.3 Å². The second-order valence-electron chi connectivity index (χ2n) is 6.02. The number of nitrogens with one attached hydrogen (secondary N) is 2. The molecule has 1 unspecified atom stereocenters. The highest BCUT2D eigenvalue weighted by Gasteiger charge is 2.28. The molecule has 2 heterocycles. The number of aromatic amines is 1. The molecular weight excluding hydrogens is 335 g/mol. The van der Waals surface area contributed by atoms with Crippen LogP contribution < -0.4 is 10.9 Å². The molecular formula is C16H17FN2O4S. The summed E-state index contributed by atoms with van der Waals surface area (Å²) in [5.41, 5.74) is 0.483. The number of aromatic nitrogens is 1. The summed E-state index contributed by atoms with van der Waals surface area (Å²) in [4.78, 5) is 26.5. The standard InChI is InChI=1S/C16H17FN2O4S/c17-12-3-1-10-7-11(16(21)19-14(10)8-12)2-4-15(20)18-13-5-6-24(22,23)9-13/h1,3,7-8,13H,2,4-6,9H2,(H,18,20)(H,19,21). The zero-order valence-electron chi connectivity index (χ0n) is 12.8. The molecule has 128 valence electrons. The summed E-state index contributed by atoms with van der Waals surface area (Å²) < 4.78 is 35.9. The number of pyridine rings is 1. The van der Waals surface area contributed by atoms with E-state index in [4.69, 9.17) is 0 Å². The maximum atomic E-state index is 13.2. The van der Waals surface area contributed by atoms with Crippen LogP contribution in [0.15, 0.2) is 29.1 Å². The highest BCUT2D eigenvalue weighted by Crippen LogP contribution is 2.14. The van der Waals surface area contributed by atoms with Crippen LogP contribution >= 0.6 is 0 Å². The van der Waals surface area contributed by atoms with Crippen LogP contribution in [0.2, 0.25) is 0 Å². The minimum Gasteiger partial charge on any atom is -0.352 e. The van der Waals surface area contributed by atoms with Crippen LogP contribution in [0.4, 0.5) is 4.39 Å². The summed E-state index contributed by atoms with van der Waals surface area (Å²) in [5, 5.41) is 3.38. The van der Waals surface area contributed by atoms with Crippen molar-refractivity contribution in [2.24, 2.45) is 0 Å². The van der Waals surface area contributed by atoms with Crippen molar-refractivity contribution >= 4 is 26.6 Å². The van der Waals surface area contributed by atoms with Gasteiger partial charge in [0.05, 0.1) is 17.0 Å². The Bertz CT molecular complexity index is 952. The van der Waals surface area contributed by atoms with Crippen molar-refractivity contribution < 1.29 is 17.6 Å². The van der Waals surface area contributed by atoms with E-state index in [1.807, 2.05) is 0 Å². The lowest BCUT2D eigenvalue weighted by Gasteiger charge is -2.10. The van der Waals surface area contributed by atoms with Crippen LogP contribution in [-0.2, 0) is 21.1 Å². The predicted molar refractivity (Wildman–Crippen MR) is 88.0 cm³/mol. The molecule has 1 atom stereocenters. The third-order valence-corrected chi connectivity index (χ3v) is 5.87. The van der Waals surface area contributed by atoms with Crippen LogP contribution in [0.25, 0.3) is 10.9 Å². The van der Waals surface area contributed by atoms with E-state index in [0.717, 1.165) is 0 Å². The van der Waals surface area contributed by atoms with Crippen LogP contribution in [-0.4, -0.2) is 36.9 Å². The first-order valence-corrected chi connectivity index (χ1v) is 9.46. The number of carbonyl (C=O) groups is 1. The first-order valence-electron chi connectivity index (χ1n) is 7.64. The maximum Gasteiger partial charge on any atom is 0.251 e. The molecule has 24 heavy (non-hydrogen) atoms. The third kappa shape index (κ3) is 3.81. The van der Waals surface area contributed by atoms with Gasteiger partial charge in [0.25, 0.3) is 5.56 Å². The molecule has 1 aromatic heterocycles. The van der Waals surface area contributed by atoms with Crippen LogP contribution in [0, 0.1) is 5.82 Å². The average Bonchev–Trinajstić information content (AvgIpc) is 2.84. The van der Waals surface area contributed by atoms with Gasteiger partial charge in [-0.25, -0.2) is 12.8 Å². The van der Waals surface area contributed by atoms with Gasteiger partial charge in [0.2, 0.25) is 5.91 Å². The Morgan fingerprint density at radius 1 is 1.33 bits per heavy atom. The van der Waals surface area contributed by atoms with E-state index in [9.17, 15) is 22.4 Å². The number of sulfone groups is 1. The van der Waals surface area contributed by atoms with Gasteiger partial charge >= 0.3 is 0 Å². The van der Waals surface area contributed by atoms with Gasteiger partial charge in [0.15, 0.2) is 9.84 Å². The number of amides is 1. The largest absolute Gasteiger partial charge is 0.352 e. The summed E-state index contributed by atoms with van der Waals surface area (Å²) in [7, 11) is -3.04. The number of rotatable bonds is 4. The summed E-state index contributed by atoms with van der Waals surface area (Å²) in [6.07, 6.45) is 0.747. The highest BCUT2D eigenvalue weighted by molar-refractivity contribution is 7.91. The number of carbonyl (C=O) groups excluding carboxylic acids is 1. The van der Waals surface area contributed by atoms with Crippen LogP contribution in [0.3, 0.4) is 0 Å². The van der Waals surface area contributed by atoms with Gasteiger partial charge in [-0.1, -0.05) is 0 Å². The molecule has 0 radical (unpaired) electrons. The quantitative estimate of drug-likeness (QED) is 0.855. The lowest BCUT2D eigenvalue weighted by atomic mass is 10.1. The van der Waals surface area contributed by atoms with Gasteiger partial charge in [0.1, 0.15) is 5.82 Å². The fourth-order valence-electron chi connectivity index (χ4n) is 2.86. The van der Waals surface area contributed by atoms with Gasteiger partial charge in [-0.15, -0.1) is 0 Å². The molecule has 1 amide bonds. The number of halogens is 1. The van der Waals surface area contributed by atoms with E-state index in [1.165, 1.54) is 12.1 Å². The Kier molecular flexibility index (Phi) is 4.40. The molecule has 1 saturated heterocycles. The Morgan fingerprint density at radius 3 is 2.83 bits per heavy atom. The Hall–Kier alpha value is -2.22. The predicted octanol–water partition coefficient (Wildman–Crippen LogP) is 0.903. The summed E-state index contributed by atoms with van der Waals surface area (Å²) in [6.45, 7) is 0. The number of hydrogen-bond donors (Lipinski definition) is 2. The van der Waals surface area contributed by atoms with Gasteiger partial charge in [-0.3, -0.25) is 9.59 Å². The zero-order valence-corrected chi connectivity index (χ0v) is 13.7. The summed E-state index contributed by atoms with van der Waals surface area (Å²) in [6, 6.07) is 5.40. The molecule has 0 spiro atoms. The molecule has 0 bridgehead atoms. The zero-order chi connectivity index (χ0) is 17.3. The van der Waals surface area contributed by atoms with Crippen molar-refractivity contribution in [3.05, 3.63) is 46.0 Å². The lowest BCUT2D eigenvalue weighted by molar-refractivity contribution is -0.121. The maximum absolute atomic E-state index is 13.2. The van der Waals surface area contributed by atoms with Gasteiger partial charge in [-0.05, 0) is 42.5 Å². The minimum atomic E-state index is -3.04. The second-order valence-corrected chi connectivity index (χ2v) is 8.25. The van der Waals surface area contributed by atoms with Gasteiger partial charge in [-0.2, -0.15) is 0 Å². The van der Waals surface area contributed by atoms with Gasteiger partial charge in [0, 0.05) is 18.0 Å². The average molecular weight is 352 g/mol. The van der Waals surface area contributed by atoms with E-state index in [0.29, 0.717) is 22.9 Å². The first kappa shape index (κ1) is 16.6. The van der Waals surface area contributed by atoms with Crippen molar-refractivity contribution in [2.75, 3.05) is 11.5 Å². The fourth-order valence-corrected chi connectivity index (χ4v) is 4.53. The molecule has 3 rings (SSSR count). The molecule has 8 heteroatoms. The molecule has 1 aliphatic rings. The normalized spacial score (nSPS) is 19.5. The summed E-state index contributed by atoms with van der Waals surface area (Å²) >= 11 is 0. The van der Waals surface area contributed by atoms with Crippen molar-refractivity contribution in [2.45, 2.75) is 25.3 Å². The number of benzene rings is 1. The van der Waals surface area contributed by atoms with E-state index in [1.54, 1.807) is 12.1 Å². The first-order chi connectivity index (χ1) is 11.3. The summed E-state index contributed by atoms with van der Waals surface area (Å²) in [5.74, 6) is -0.646. The number of H-pyrrole nitrogens is 1. The molecule has 1 aromatic carbocycles. The Balaban J connectivity index is 1.65. The third-order valence-electron chi connectivity index (χ3n) is 4.10. The highest BCUT2D eigenvalue weighted by atomic mass is 32.2. The molecule has 1 fully saturated rings. The number of hydrogen-bond acceptors (Lipinski definition) is 4. The van der Waals surface area contributed by atoms with Crippen molar-refractivity contribution in [1.29, 1.82) is 0 Å². The van der Waals surface area contributed by atoms with Crippen molar-refractivity contribution in [3.63, 3.8) is 0 Å². The molecule has 2 N–H and O–H groups in total. The van der Waals surface area contributed by atoms with Crippen molar-refractivity contribution in [1.82, 2.24) is 10.3 Å². The topological polar surface area (TPSA) is 96.1 Å². The smallest absolute Gasteiger partial charge is 0.251 e. The number of aryl methyl sites for hydroxylation is 1. The van der Waals surface area contributed by atoms with E-state index in [-0.39, 0.29) is 41.9 Å². The van der Waals surface area contributed by atoms with E-state index >= 15 is 0 Å². The minimum absolute atomic E-state index is 0.0269. The SMILES string of the molecule is O=C(CCc1cc2ccc(F)cc2[nH]c1=O)NC1CCS(=O)(=O)C1. The molecule has 6 nitrogen and oxygen atoms in total. The molecule has 1 aliphatic heterocycles. The monoisotopic (exact) mass is 352 g/mol. The van der Waals surface area contributed by atoms with Gasteiger partial charge < -0.3 is 10.3 Å². The van der Waals surface area contributed by atoms with Crippen molar-refractivity contribution in [3.8, 4) is 0 Å². The molecule has 0 aliphatic carbocycles. The molecule has 2 aromatic rings. The van der Waals surface area contributed by atoms with Crippen LogP contribution in [0.5, 0.6) is 0 Å². The fraction of sp³-hybridized carbons (Fsp3) is 0.375. The Morgan fingerprint density at radius 2 is 2.12 bits per heavy atom. The van der Waals surface area contributed by atoms with E-state index < -0.39 is 15.7 Å². The second kappa shape index (κ2) is 6.35. The Labute approximate surface area is 138 Å². The molecule has 0 saturated carbocycles. The number of fused-ring (bicyclic) bond motifs is 1. The lowest BCUT2D eigenvalue weighted by Crippen LogP contribution is -2.35. The van der Waals surface area contributed by atoms with Crippen LogP contribution in [0.1, 0.15) is 18.4 Å².